The molecule has 3 rings (SSSR count). The number of nitrogens with zero attached hydrogens (tertiary/aromatic N) is 2. The average molecular weight is 386 g/mol. The Morgan fingerprint density at radius 3 is 2.74 bits per heavy atom. The van der Waals surface area contributed by atoms with Gasteiger partial charge in [-0.15, -0.1) is 17.9 Å². The van der Waals surface area contributed by atoms with Crippen LogP contribution in [0.5, 0.6) is 0 Å². The summed E-state index contributed by atoms with van der Waals surface area (Å²) >= 11 is 1.68. The molecule has 1 aliphatic heterocycles. The zero-order valence-corrected chi connectivity index (χ0v) is 16.2. The Bertz CT molecular complexity index is 831. The second-order valence-corrected chi connectivity index (χ2v) is 7.51. The van der Waals surface area contributed by atoms with Gasteiger partial charge in [-0.25, -0.2) is 4.39 Å². The first-order valence-corrected chi connectivity index (χ1v) is 9.93. The van der Waals surface area contributed by atoms with Crippen molar-refractivity contribution in [2.75, 3.05) is 19.6 Å². The van der Waals surface area contributed by atoms with E-state index in [4.69, 9.17) is 0 Å². The molecule has 142 valence electrons. The second-order valence-electron chi connectivity index (χ2n) is 6.51. The summed E-state index contributed by atoms with van der Waals surface area (Å²) in [5.41, 5.74) is 1.96. The fourth-order valence-electron chi connectivity index (χ4n) is 3.48. The number of halogens is 1. The number of hydrogen-bond donors (Lipinski definition) is 0. The van der Waals surface area contributed by atoms with Gasteiger partial charge < -0.3 is 9.80 Å². The quantitative estimate of drug-likeness (QED) is 0.709. The van der Waals surface area contributed by atoms with E-state index in [9.17, 15) is 14.0 Å². The smallest absolute Gasteiger partial charge is 0.243 e. The third-order valence-corrected chi connectivity index (χ3v) is 5.80. The molecular formula is C21H23FN2O2S. The second kappa shape index (κ2) is 8.48. The molecule has 0 aliphatic carbocycles. The first kappa shape index (κ1) is 19.3. The summed E-state index contributed by atoms with van der Waals surface area (Å²) in [5, 5.41) is 2.03. The number of amides is 2. The molecule has 0 saturated heterocycles. The van der Waals surface area contributed by atoms with E-state index in [1.807, 2.05) is 11.4 Å². The van der Waals surface area contributed by atoms with Gasteiger partial charge in [0.1, 0.15) is 12.4 Å². The van der Waals surface area contributed by atoms with Gasteiger partial charge in [0, 0.05) is 24.4 Å². The van der Waals surface area contributed by atoms with Crippen LogP contribution in [0, 0.1) is 5.82 Å². The van der Waals surface area contributed by atoms with Gasteiger partial charge in [0.25, 0.3) is 0 Å². The standard InChI is InChI=1S/C21H23FN2O2S/c1-3-11-23(19(25)4-2)14-20(26)24-12-9-18-17(10-13-27-18)21(24)15-5-7-16(22)8-6-15/h3,5-8,10,13,21H,1,4,9,11-12,14H2,2H3/t21-/m1/s1. The maximum Gasteiger partial charge on any atom is 0.243 e. The Morgan fingerprint density at radius 1 is 1.33 bits per heavy atom. The fraction of sp³-hybridized carbons (Fsp3) is 0.333. The minimum atomic E-state index is -0.302. The summed E-state index contributed by atoms with van der Waals surface area (Å²) in [5.74, 6) is -0.483. The van der Waals surface area contributed by atoms with Crippen LogP contribution >= 0.6 is 11.3 Å². The summed E-state index contributed by atoms with van der Waals surface area (Å²) in [7, 11) is 0. The molecule has 0 radical (unpaired) electrons. The fourth-order valence-corrected chi connectivity index (χ4v) is 4.38. The molecule has 27 heavy (non-hydrogen) atoms. The molecule has 1 atom stereocenters. The predicted octanol–water partition coefficient (Wildman–Crippen LogP) is 3.79. The van der Waals surface area contributed by atoms with Crippen LogP contribution in [0.1, 0.15) is 35.4 Å². The van der Waals surface area contributed by atoms with E-state index >= 15 is 0 Å². The van der Waals surface area contributed by atoms with E-state index in [2.05, 4.69) is 6.58 Å². The van der Waals surface area contributed by atoms with Crippen molar-refractivity contribution in [2.24, 2.45) is 0 Å². The van der Waals surface area contributed by atoms with Crippen LogP contribution in [-0.4, -0.2) is 41.2 Å². The van der Waals surface area contributed by atoms with Crippen molar-refractivity contribution >= 4 is 23.2 Å². The van der Waals surface area contributed by atoms with E-state index in [1.165, 1.54) is 21.9 Å². The summed E-state index contributed by atoms with van der Waals surface area (Å²) < 4.78 is 13.4. The first-order valence-electron chi connectivity index (χ1n) is 9.05. The maximum absolute atomic E-state index is 13.4. The zero-order chi connectivity index (χ0) is 19.4. The maximum atomic E-state index is 13.4. The molecule has 0 bridgehead atoms. The van der Waals surface area contributed by atoms with Crippen molar-refractivity contribution in [1.29, 1.82) is 0 Å². The number of hydrogen-bond acceptors (Lipinski definition) is 3. The van der Waals surface area contributed by atoms with E-state index in [1.54, 1.807) is 41.4 Å². The van der Waals surface area contributed by atoms with Crippen LogP contribution in [0.3, 0.4) is 0 Å². The normalized spacial score (nSPS) is 15.9. The molecule has 1 aromatic heterocycles. The SMILES string of the molecule is C=CCN(CC(=O)N1CCc2sccc2[C@H]1c1ccc(F)cc1)C(=O)CC. The van der Waals surface area contributed by atoms with Gasteiger partial charge in [-0.05, 0) is 41.1 Å². The van der Waals surface area contributed by atoms with Crippen LogP contribution in [0.4, 0.5) is 4.39 Å². The number of rotatable bonds is 6. The van der Waals surface area contributed by atoms with Crippen LogP contribution in [0.25, 0.3) is 0 Å². The van der Waals surface area contributed by atoms with Gasteiger partial charge in [-0.2, -0.15) is 0 Å². The van der Waals surface area contributed by atoms with Crippen molar-refractivity contribution in [2.45, 2.75) is 25.8 Å². The number of fused-ring (bicyclic) bond motifs is 1. The van der Waals surface area contributed by atoms with Crippen molar-refractivity contribution < 1.29 is 14.0 Å². The molecule has 2 heterocycles. The molecule has 6 heteroatoms. The number of carbonyl (C=O) groups excluding carboxylic acids is 2. The lowest BCUT2D eigenvalue weighted by atomic mass is 9.93. The number of thiophene rings is 1. The Kier molecular flexibility index (Phi) is 6.06. The average Bonchev–Trinajstić information content (AvgIpc) is 3.15. The lowest BCUT2D eigenvalue weighted by Gasteiger charge is -2.37. The van der Waals surface area contributed by atoms with Crippen molar-refractivity contribution in [3.63, 3.8) is 0 Å². The summed E-state index contributed by atoms with van der Waals surface area (Å²) in [6.07, 6.45) is 2.77. The first-order chi connectivity index (χ1) is 13.0. The number of carbonyl (C=O) groups is 2. The highest BCUT2D eigenvalue weighted by Gasteiger charge is 2.33. The molecule has 0 N–H and O–H groups in total. The van der Waals surface area contributed by atoms with E-state index < -0.39 is 0 Å². The molecule has 0 unspecified atom stereocenters. The van der Waals surface area contributed by atoms with Crippen molar-refractivity contribution in [3.8, 4) is 0 Å². The summed E-state index contributed by atoms with van der Waals surface area (Å²) in [6, 6.07) is 8.08. The predicted molar refractivity (Wildman–Crippen MR) is 105 cm³/mol. The van der Waals surface area contributed by atoms with Crippen molar-refractivity contribution in [3.05, 3.63) is 70.2 Å². The molecule has 2 aromatic rings. The molecule has 1 aromatic carbocycles. The summed E-state index contributed by atoms with van der Waals surface area (Å²) in [4.78, 5) is 29.8. The Morgan fingerprint density at radius 2 is 2.07 bits per heavy atom. The van der Waals surface area contributed by atoms with E-state index in [-0.39, 0.29) is 30.2 Å². The van der Waals surface area contributed by atoms with Gasteiger partial charge in [-0.1, -0.05) is 25.1 Å². The highest BCUT2D eigenvalue weighted by Crippen LogP contribution is 2.37. The highest BCUT2D eigenvalue weighted by atomic mass is 32.1. The lowest BCUT2D eigenvalue weighted by molar-refractivity contribution is -0.141. The molecular weight excluding hydrogens is 363 g/mol. The van der Waals surface area contributed by atoms with Crippen LogP contribution in [-0.2, 0) is 16.0 Å². The Labute approximate surface area is 162 Å². The minimum Gasteiger partial charge on any atom is -0.330 e. The van der Waals surface area contributed by atoms with Gasteiger partial charge in [-0.3, -0.25) is 9.59 Å². The zero-order valence-electron chi connectivity index (χ0n) is 15.4. The molecule has 0 saturated carbocycles. The van der Waals surface area contributed by atoms with Crippen LogP contribution < -0.4 is 0 Å². The molecule has 2 amide bonds. The minimum absolute atomic E-state index is 0.0237. The Hall–Kier alpha value is -2.47. The third-order valence-electron chi connectivity index (χ3n) is 4.80. The van der Waals surface area contributed by atoms with Crippen LogP contribution in [0.2, 0.25) is 0 Å². The van der Waals surface area contributed by atoms with Crippen molar-refractivity contribution in [1.82, 2.24) is 9.80 Å². The van der Waals surface area contributed by atoms with Gasteiger partial charge >= 0.3 is 0 Å². The lowest BCUT2D eigenvalue weighted by Crippen LogP contribution is -2.46. The van der Waals surface area contributed by atoms with E-state index in [0.29, 0.717) is 19.5 Å². The van der Waals surface area contributed by atoms with Gasteiger partial charge in [0.15, 0.2) is 0 Å². The van der Waals surface area contributed by atoms with Gasteiger partial charge in [0.05, 0.1) is 6.04 Å². The third kappa shape index (κ3) is 4.11. The van der Waals surface area contributed by atoms with Gasteiger partial charge in [0.2, 0.25) is 11.8 Å². The molecule has 0 fully saturated rings. The highest BCUT2D eigenvalue weighted by molar-refractivity contribution is 7.10. The number of benzene rings is 1. The van der Waals surface area contributed by atoms with Crippen LogP contribution in [0.15, 0.2) is 48.4 Å². The monoisotopic (exact) mass is 386 g/mol. The topological polar surface area (TPSA) is 40.6 Å². The Balaban J connectivity index is 1.90. The molecule has 1 aliphatic rings. The molecule has 4 nitrogen and oxygen atoms in total. The molecule has 0 spiro atoms. The largest absolute Gasteiger partial charge is 0.330 e. The van der Waals surface area contributed by atoms with E-state index in [0.717, 1.165) is 17.5 Å². The summed E-state index contributed by atoms with van der Waals surface area (Å²) in [6.45, 7) is 6.41.